The van der Waals surface area contributed by atoms with Crippen molar-refractivity contribution in [1.82, 2.24) is 9.88 Å². The minimum Gasteiger partial charge on any atom is -0.465 e. The molecule has 0 aliphatic carbocycles. The van der Waals surface area contributed by atoms with Gasteiger partial charge < -0.3 is 24.7 Å². The van der Waals surface area contributed by atoms with Crippen molar-refractivity contribution in [2.24, 2.45) is 0 Å². The van der Waals surface area contributed by atoms with Gasteiger partial charge >= 0.3 is 12.0 Å². The second-order valence-electron chi connectivity index (χ2n) is 4.86. The highest BCUT2D eigenvalue weighted by Crippen LogP contribution is 2.25. The zero-order chi connectivity index (χ0) is 16.7. The first-order chi connectivity index (χ1) is 11.2. The molecular formula is C16H21N3O4. The molecule has 7 nitrogen and oxygen atoms in total. The summed E-state index contributed by atoms with van der Waals surface area (Å²) in [5.41, 5.74) is 1.68. The number of hydrogen-bond acceptors (Lipinski definition) is 4. The second kappa shape index (κ2) is 8.19. The molecule has 0 aliphatic heterocycles. The highest BCUT2D eigenvalue weighted by atomic mass is 16.5. The van der Waals surface area contributed by atoms with E-state index in [1.807, 2.05) is 35.0 Å². The largest absolute Gasteiger partial charge is 0.465 e. The Kier molecular flexibility index (Phi) is 5.99. The quantitative estimate of drug-likeness (QED) is 0.765. The molecule has 0 radical (unpaired) electrons. The number of rotatable bonds is 7. The highest BCUT2D eigenvalue weighted by Gasteiger charge is 2.11. The molecule has 1 aromatic carbocycles. The Hall–Kier alpha value is -2.54. The molecule has 0 unspecified atom stereocenters. The van der Waals surface area contributed by atoms with E-state index in [1.54, 1.807) is 14.0 Å². The molecule has 2 rings (SSSR count). The van der Waals surface area contributed by atoms with Crippen molar-refractivity contribution in [2.75, 3.05) is 32.2 Å². The summed E-state index contributed by atoms with van der Waals surface area (Å²) in [4.78, 5) is 23.2. The number of urea groups is 1. The monoisotopic (exact) mass is 319 g/mol. The Labute approximate surface area is 134 Å². The Balaban J connectivity index is 2.07. The number of aromatic nitrogens is 1. The Morgan fingerprint density at radius 2 is 2.04 bits per heavy atom. The number of amides is 2. The number of benzene rings is 1. The molecule has 1 heterocycles. The third kappa shape index (κ3) is 4.46. The van der Waals surface area contributed by atoms with E-state index in [2.05, 4.69) is 10.6 Å². The van der Waals surface area contributed by atoms with E-state index in [0.29, 0.717) is 18.8 Å². The van der Waals surface area contributed by atoms with E-state index in [9.17, 15) is 9.59 Å². The van der Waals surface area contributed by atoms with Crippen molar-refractivity contribution in [3.8, 4) is 0 Å². The topological polar surface area (TPSA) is 81.6 Å². The van der Waals surface area contributed by atoms with E-state index < -0.39 is 12.0 Å². The molecule has 7 heteroatoms. The number of nitrogens with one attached hydrogen (secondary N) is 2. The van der Waals surface area contributed by atoms with Crippen LogP contribution < -0.4 is 10.6 Å². The van der Waals surface area contributed by atoms with Gasteiger partial charge in [0.25, 0.3) is 0 Å². The van der Waals surface area contributed by atoms with Crippen LogP contribution in [0.1, 0.15) is 6.92 Å². The standard InChI is InChI=1S/C16H21N3O4/c1-3-23-15(20)10-17-16(21)18-13-11-19(8-9-22-2)14-7-5-4-6-12(13)14/h4-7,11H,3,8-10H2,1-2H3,(H2,17,18,21). The normalized spacial score (nSPS) is 10.5. The summed E-state index contributed by atoms with van der Waals surface area (Å²) in [5.74, 6) is -0.467. The third-order valence-electron chi connectivity index (χ3n) is 3.27. The van der Waals surface area contributed by atoms with Gasteiger partial charge in [0, 0.05) is 25.2 Å². The number of fused-ring (bicyclic) bond motifs is 1. The molecule has 23 heavy (non-hydrogen) atoms. The first-order valence-electron chi connectivity index (χ1n) is 7.43. The average Bonchev–Trinajstić information content (AvgIpc) is 2.89. The molecule has 0 spiro atoms. The zero-order valence-electron chi connectivity index (χ0n) is 13.3. The molecule has 1 aromatic heterocycles. The lowest BCUT2D eigenvalue weighted by Gasteiger charge is -2.06. The first-order valence-corrected chi connectivity index (χ1v) is 7.43. The molecule has 0 fully saturated rings. The molecule has 0 atom stereocenters. The van der Waals surface area contributed by atoms with Gasteiger partial charge in [0.1, 0.15) is 6.54 Å². The summed E-state index contributed by atoms with van der Waals surface area (Å²) >= 11 is 0. The van der Waals surface area contributed by atoms with Crippen LogP contribution in [0.25, 0.3) is 10.9 Å². The molecule has 2 N–H and O–H groups in total. The summed E-state index contributed by atoms with van der Waals surface area (Å²) < 4.78 is 11.9. The Morgan fingerprint density at radius 3 is 2.78 bits per heavy atom. The van der Waals surface area contributed by atoms with Crippen molar-refractivity contribution in [1.29, 1.82) is 0 Å². The van der Waals surface area contributed by atoms with Gasteiger partial charge in [-0.05, 0) is 13.0 Å². The van der Waals surface area contributed by atoms with Gasteiger partial charge in [0.05, 0.1) is 24.4 Å². The molecule has 2 aromatic rings. The number of esters is 1. The van der Waals surface area contributed by atoms with Gasteiger partial charge in [-0.1, -0.05) is 18.2 Å². The fraction of sp³-hybridized carbons (Fsp3) is 0.375. The fourth-order valence-electron chi connectivity index (χ4n) is 2.25. The zero-order valence-corrected chi connectivity index (χ0v) is 13.3. The van der Waals surface area contributed by atoms with Crippen molar-refractivity contribution in [2.45, 2.75) is 13.5 Å². The summed E-state index contributed by atoms with van der Waals surface area (Å²) in [6.07, 6.45) is 1.85. The number of nitrogens with zero attached hydrogens (tertiary/aromatic N) is 1. The molecule has 124 valence electrons. The second-order valence-corrected chi connectivity index (χ2v) is 4.86. The smallest absolute Gasteiger partial charge is 0.325 e. The van der Waals surface area contributed by atoms with E-state index in [-0.39, 0.29) is 13.2 Å². The van der Waals surface area contributed by atoms with Crippen molar-refractivity contribution >= 4 is 28.6 Å². The van der Waals surface area contributed by atoms with Gasteiger partial charge in [-0.2, -0.15) is 0 Å². The van der Waals surface area contributed by atoms with Crippen LogP contribution in [0.5, 0.6) is 0 Å². The van der Waals surface area contributed by atoms with Crippen molar-refractivity contribution in [3.63, 3.8) is 0 Å². The maximum atomic E-state index is 11.9. The van der Waals surface area contributed by atoms with Gasteiger partial charge in [0.2, 0.25) is 0 Å². The van der Waals surface area contributed by atoms with E-state index in [0.717, 1.165) is 10.9 Å². The van der Waals surface area contributed by atoms with E-state index in [4.69, 9.17) is 9.47 Å². The van der Waals surface area contributed by atoms with Gasteiger partial charge in [-0.3, -0.25) is 4.79 Å². The van der Waals surface area contributed by atoms with Crippen LogP contribution in [0.15, 0.2) is 30.5 Å². The Morgan fingerprint density at radius 1 is 1.26 bits per heavy atom. The lowest BCUT2D eigenvalue weighted by Crippen LogP contribution is -2.34. The molecule has 0 saturated heterocycles. The minimum atomic E-state index is -0.467. The predicted octanol–water partition coefficient (Wildman–Crippen LogP) is 1.97. The number of carbonyl (C=O) groups excluding carboxylic acids is 2. The number of anilines is 1. The molecular weight excluding hydrogens is 298 g/mol. The predicted molar refractivity (Wildman–Crippen MR) is 87.5 cm³/mol. The summed E-state index contributed by atoms with van der Waals surface area (Å²) in [5, 5.41) is 6.16. The third-order valence-corrected chi connectivity index (χ3v) is 3.27. The molecule has 2 amide bonds. The van der Waals surface area contributed by atoms with Crippen LogP contribution in [0.2, 0.25) is 0 Å². The maximum Gasteiger partial charge on any atom is 0.325 e. The molecule has 0 bridgehead atoms. The van der Waals surface area contributed by atoms with E-state index in [1.165, 1.54) is 0 Å². The maximum absolute atomic E-state index is 11.9. The number of hydrogen-bond donors (Lipinski definition) is 2. The Bertz CT molecular complexity index is 681. The van der Waals surface area contributed by atoms with Gasteiger partial charge in [0.15, 0.2) is 0 Å². The van der Waals surface area contributed by atoms with Crippen LogP contribution in [0.4, 0.5) is 10.5 Å². The van der Waals surface area contributed by atoms with Crippen LogP contribution in [-0.4, -0.2) is 43.4 Å². The van der Waals surface area contributed by atoms with Crippen LogP contribution in [0.3, 0.4) is 0 Å². The number of ether oxygens (including phenoxy) is 2. The molecule has 0 aliphatic rings. The van der Waals surface area contributed by atoms with Crippen LogP contribution in [0, 0.1) is 0 Å². The van der Waals surface area contributed by atoms with E-state index >= 15 is 0 Å². The van der Waals surface area contributed by atoms with Crippen molar-refractivity contribution < 1.29 is 19.1 Å². The number of carbonyl (C=O) groups is 2. The lowest BCUT2D eigenvalue weighted by atomic mass is 10.2. The van der Waals surface area contributed by atoms with Crippen LogP contribution >= 0.6 is 0 Å². The molecule has 0 saturated carbocycles. The SMILES string of the molecule is CCOC(=O)CNC(=O)Nc1cn(CCOC)c2ccccc12. The van der Waals surface area contributed by atoms with Gasteiger partial charge in [-0.25, -0.2) is 4.79 Å². The number of para-hydroxylation sites is 1. The summed E-state index contributed by atoms with van der Waals surface area (Å²) in [6.45, 7) is 3.10. The highest BCUT2D eigenvalue weighted by molar-refractivity contribution is 6.01. The first kappa shape index (κ1) is 16.8. The number of methoxy groups -OCH3 is 1. The summed E-state index contributed by atoms with van der Waals surface area (Å²) in [6, 6.07) is 7.31. The van der Waals surface area contributed by atoms with Gasteiger partial charge in [-0.15, -0.1) is 0 Å². The fourth-order valence-corrected chi connectivity index (χ4v) is 2.25. The minimum absolute atomic E-state index is 0.165. The van der Waals surface area contributed by atoms with Crippen LogP contribution in [-0.2, 0) is 20.8 Å². The average molecular weight is 319 g/mol. The summed E-state index contributed by atoms with van der Waals surface area (Å²) in [7, 11) is 1.65. The lowest BCUT2D eigenvalue weighted by molar-refractivity contribution is -0.141. The van der Waals surface area contributed by atoms with Crippen molar-refractivity contribution in [3.05, 3.63) is 30.5 Å².